The quantitative estimate of drug-likeness (QED) is 0.425. The Kier molecular flexibility index (Phi) is 2.76. The van der Waals surface area contributed by atoms with Gasteiger partial charge in [0.1, 0.15) is 0 Å². The Bertz CT molecular complexity index is 446. The molecule has 0 atom stereocenters. The summed E-state index contributed by atoms with van der Waals surface area (Å²) in [5.41, 5.74) is -0.615. The molecule has 3 nitrogen and oxygen atoms in total. The van der Waals surface area contributed by atoms with Gasteiger partial charge in [-0.2, -0.15) is 4.39 Å². The van der Waals surface area contributed by atoms with Crippen LogP contribution in [0.2, 0.25) is 0 Å². The van der Waals surface area contributed by atoms with Crippen LogP contribution in [0.3, 0.4) is 0 Å². The molecule has 0 fully saturated rings. The molecule has 1 aromatic carbocycles. The fourth-order valence-electron chi connectivity index (χ4n) is 1.13. The van der Waals surface area contributed by atoms with E-state index < -0.39 is 21.8 Å². The van der Waals surface area contributed by atoms with E-state index in [0.717, 1.165) is 12.1 Å². The molecule has 0 bridgehead atoms. The van der Waals surface area contributed by atoms with Crippen molar-refractivity contribution in [2.75, 3.05) is 0 Å². The summed E-state index contributed by atoms with van der Waals surface area (Å²) in [6, 6.07) is 3.71. The maximum atomic E-state index is 13.3. The van der Waals surface area contributed by atoms with Crippen molar-refractivity contribution in [1.29, 1.82) is 0 Å². The third-order valence-corrected chi connectivity index (χ3v) is 2.23. The molecule has 0 amide bonds. The number of nitro groups is 1. The lowest BCUT2D eigenvalue weighted by atomic mass is 9.85. The van der Waals surface area contributed by atoms with Crippen molar-refractivity contribution in [2.24, 2.45) is 0 Å². The second-order valence-electron chi connectivity index (χ2n) is 3.69. The first-order valence-corrected chi connectivity index (χ1v) is 4.30. The van der Waals surface area contributed by atoms with Crippen LogP contribution in [0.15, 0.2) is 18.2 Å². The van der Waals surface area contributed by atoms with E-state index >= 15 is 0 Å². The monoisotopic (exact) mass is 207 g/mol. The molecule has 0 aliphatic carbocycles. The smallest absolute Gasteiger partial charge is 0.258 e. The molecule has 0 spiro atoms. The van der Waals surface area contributed by atoms with Gasteiger partial charge in [-0.1, -0.05) is 12.0 Å². The summed E-state index contributed by atoms with van der Waals surface area (Å²) in [7, 11) is 0. The maximum absolute atomic E-state index is 13.3. The Morgan fingerprint density at radius 3 is 2.53 bits per heavy atom. The second kappa shape index (κ2) is 3.70. The van der Waals surface area contributed by atoms with E-state index in [-0.39, 0.29) is 0 Å². The summed E-state index contributed by atoms with van der Waals surface area (Å²) in [5.74, 6) is 1.64. The Morgan fingerprint density at radius 1 is 1.53 bits per heavy atom. The van der Waals surface area contributed by atoms with Crippen molar-refractivity contribution in [3.63, 3.8) is 0 Å². The van der Waals surface area contributed by atoms with Crippen LogP contribution in [-0.2, 0) is 5.41 Å². The number of nitrogens with zero attached hydrogens (tertiary/aromatic N) is 1. The van der Waals surface area contributed by atoms with Crippen LogP contribution in [0.1, 0.15) is 19.4 Å². The summed E-state index contributed by atoms with van der Waals surface area (Å²) in [4.78, 5) is 9.62. The Labute approximate surface area is 87.1 Å². The number of benzene rings is 1. The zero-order chi connectivity index (χ0) is 11.6. The summed E-state index contributed by atoms with van der Waals surface area (Å²) in [5, 5.41) is 10.4. The summed E-state index contributed by atoms with van der Waals surface area (Å²) < 4.78 is 13.3. The van der Waals surface area contributed by atoms with Crippen LogP contribution in [0.4, 0.5) is 10.1 Å². The SMILES string of the molecule is C#CC(C)(C)c1ccc([N+](=O)[O-])c(F)c1. The zero-order valence-corrected chi connectivity index (χ0v) is 8.45. The number of terminal acetylenes is 1. The van der Waals surface area contributed by atoms with E-state index in [1.807, 2.05) is 0 Å². The van der Waals surface area contributed by atoms with E-state index in [1.165, 1.54) is 6.07 Å². The van der Waals surface area contributed by atoms with Crippen molar-refractivity contribution in [3.8, 4) is 12.3 Å². The van der Waals surface area contributed by atoms with Gasteiger partial charge in [0.05, 0.1) is 10.3 Å². The molecule has 0 heterocycles. The minimum atomic E-state index is -0.860. The van der Waals surface area contributed by atoms with Crippen LogP contribution >= 0.6 is 0 Å². The maximum Gasteiger partial charge on any atom is 0.304 e. The Balaban J connectivity index is 3.25. The van der Waals surface area contributed by atoms with Crippen molar-refractivity contribution in [2.45, 2.75) is 19.3 Å². The highest BCUT2D eigenvalue weighted by Crippen LogP contribution is 2.26. The van der Waals surface area contributed by atoms with Gasteiger partial charge >= 0.3 is 5.69 Å². The van der Waals surface area contributed by atoms with Crippen LogP contribution in [0, 0.1) is 28.3 Å². The van der Waals surface area contributed by atoms with E-state index in [9.17, 15) is 14.5 Å². The van der Waals surface area contributed by atoms with Crippen LogP contribution in [0.5, 0.6) is 0 Å². The molecule has 0 aliphatic rings. The first kappa shape index (κ1) is 11.2. The molecule has 4 heteroatoms. The molecule has 1 rings (SSSR count). The first-order chi connectivity index (χ1) is 6.88. The molecule has 0 N–H and O–H groups in total. The number of hydrogen-bond donors (Lipinski definition) is 0. The fourth-order valence-corrected chi connectivity index (χ4v) is 1.13. The highest BCUT2D eigenvalue weighted by Gasteiger charge is 2.21. The van der Waals surface area contributed by atoms with E-state index in [2.05, 4.69) is 5.92 Å². The third kappa shape index (κ3) is 2.13. The number of halogens is 1. The predicted molar refractivity (Wildman–Crippen MR) is 54.9 cm³/mol. The van der Waals surface area contributed by atoms with E-state index in [0.29, 0.717) is 5.56 Å². The fraction of sp³-hybridized carbons (Fsp3) is 0.273. The van der Waals surface area contributed by atoms with E-state index in [4.69, 9.17) is 6.42 Å². The predicted octanol–water partition coefficient (Wildman–Crippen LogP) is 2.64. The van der Waals surface area contributed by atoms with Gasteiger partial charge in [-0.15, -0.1) is 6.42 Å². The largest absolute Gasteiger partial charge is 0.304 e. The lowest BCUT2D eigenvalue weighted by Gasteiger charge is -2.17. The lowest BCUT2D eigenvalue weighted by molar-refractivity contribution is -0.387. The van der Waals surface area contributed by atoms with Gasteiger partial charge in [0, 0.05) is 6.07 Å². The highest BCUT2D eigenvalue weighted by atomic mass is 19.1. The molecule has 0 radical (unpaired) electrons. The van der Waals surface area contributed by atoms with Gasteiger partial charge in [-0.25, -0.2) is 0 Å². The molecule has 78 valence electrons. The molecular formula is C11H10FNO2. The molecule has 15 heavy (non-hydrogen) atoms. The van der Waals surface area contributed by atoms with Crippen molar-refractivity contribution in [3.05, 3.63) is 39.7 Å². The standard InChI is InChI=1S/C11H10FNO2/c1-4-11(2,3)8-5-6-10(13(14)15)9(12)7-8/h1,5-7H,2-3H3. The van der Waals surface area contributed by atoms with Crippen LogP contribution in [-0.4, -0.2) is 4.92 Å². The van der Waals surface area contributed by atoms with Gasteiger partial charge in [0.15, 0.2) is 0 Å². The van der Waals surface area contributed by atoms with Crippen molar-refractivity contribution >= 4 is 5.69 Å². The van der Waals surface area contributed by atoms with Gasteiger partial charge in [-0.3, -0.25) is 10.1 Å². The molecule has 0 saturated heterocycles. The summed E-state index contributed by atoms with van der Waals surface area (Å²) in [6.07, 6.45) is 5.28. The average Bonchev–Trinajstić information content (AvgIpc) is 2.17. The minimum Gasteiger partial charge on any atom is -0.258 e. The first-order valence-electron chi connectivity index (χ1n) is 4.30. The normalized spacial score (nSPS) is 10.8. The van der Waals surface area contributed by atoms with Gasteiger partial charge in [0.2, 0.25) is 5.82 Å². The summed E-state index contributed by atoms with van der Waals surface area (Å²) >= 11 is 0. The number of rotatable bonds is 2. The van der Waals surface area contributed by atoms with Crippen LogP contribution in [0.25, 0.3) is 0 Å². The minimum absolute atomic E-state index is 0.536. The van der Waals surface area contributed by atoms with Gasteiger partial charge in [0.25, 0.3) is 0 Å². The molecular weight excluding hydrogens is 197 g/mol. The molecule has 1 aromatic rings. The van der Waals surface area contributed by atoms with Crippen molar-refractivity contribution < 1.29 is 9.31 Å². The average molecular weight is 207 g/mol. The molecule has 0 saturated carbocycles. The molecule has 0 unspecified atom stereocenters. The van der Waals surface area contributed by atoms with Gasteiger partial charge in [-0.05, 0) is 25.5 Å². The third-order valence-electron chi connectivity index (χ3n) is 2.23. The summed E-state index contributed by atoms with van der Waals surface area (Å²) in [6.45, 7) is 3.49. The zero-order valence-electron chi connectivity index (χ0n) is 8.45. The van der Waals surface area contributed by atoms with Gasteiger partial charge < -0.3 is 0 Å². The highest BCUT2D eigenvalue weighted by molar-refractivity contribution is 5.40. The second-order valence-corrected chi connectivity index (χ2v) is 3.69. The lowest BCUT2D eigenvalue weighted by Crippen LogP contribution is -2.14. The number of hydrogen-bond acceptors (Lipinski definition) is 2. The Morgan fingerprint density at radius 2 is 2.13 bits per heavy atom. The molecule has 0 aliphatic heterocycles. The molecule has 0 aromatic heterocycles. The number of nitro benzene ring substituents is 1. The Hall–Kier alpha value is -1.89. The van der Waals surface area contributed by atoms with Crippen molar-refractivity contribution in [1.82, 2.24) is 0 Å². The topological polar surface area (TPSA) is 43.1 Å². The van der Waals surface area contributed by atoms with E-state index in [1.54, 1.807) is 13.8 Å². The van der Waals surface area contributed by atoms with Crippen LogP contribution < -0.4 is 0 Å².